The fraction of sp³-hybridized carbons (Fsp3) is 0.179. The minimum absolute atomic E-state index is 0.0802. The van der Waals surface area contributed by atoms with E-state index in [4.69, 9.17) is 23.2 Å². The van der Waals surface area contributed by atoms with Crippen molar-refractivity contribution in [3.05, 3.63) is 112 Å². The van der Waals surface area contributed by atoms with Crippen molar-refractivity contribution in [2.24, 2.45) is 5.92 Å². The van der Waals surface area contributed by atoms with Gasteiger partial charge >= 0.3 is 6.18 Å². The number of alkyl halides is 3. The summed E-state index contributed by atoms with van der Waals surface area (Å²) in [6.07, 6.45) is -0.595. The van der Waals surface area contributed by atoms with Crippen LogP contribution in [-0.4, -0.2) is 26.9 Å². The summed E-state index contributed by atoms with van der Waals surface area (Å²) in [5.41, 5.74) is 1.40. The van der Waals surface area contributed by atoms with Crippen LogP contribution < -0.4 is 5.43 Å². The van der Waals surface area contributed by atoms with E-state index in [0.29, 0.717) is 34.0 Å². The normalized spacial score (nSPS) is 22.9. The lowest BCUT2D eigenvalue weighted by molar-refractivity contribution is -0.139. The predicted molar refractivity (Wildman–Crippen MR) is 140 cm³/mol. The topological polar surface area (TPSA) is 82.5 Å². The van der Waals surface area contributed by atoms with Crippen LogP contribution in [0, 0.1) is 5.92 Å². The Hall–Kier alpha value is -3.82. The third-order valence-electron chi connectivity index (χ3n) is 7.19. The number of carbonyl (C=O) groups excluding carboxylic acids is 2. The molecule has 2 N–H and O–H groups in total. The summed E-state index contributed by atoms with van der Waals surface area (Å²) in [6, 6.07) is 13.6. The summed E-state index contributed by atoms with van der Waals surface area (Å²) in [5.74, 6) is -3.49. The second-order valence-electron chi connectivity index (χ2n) is 9.21. The summed E-state index contributed by atoms with van der Waals surface area (Å²) >= 11 is 12.2. The Kier molecular flexibility index (Phi) is 6.68. The molecule has 0 unspecified atom stereocenters. The first-order valence-corrected chi connectivity index (χ1v) is 12.5. The lowest BCUT2D eigenvalue weighted by atomic mass is 9.56. The van der Waals surface area contributed by atoms with Crippen molar-refractivity contribution < 1.29 is 27.9 Å². The average molecular weight is 574 g/mol. The van der Waals surface area contributed by atoms with Gasteiger partial charge in [-0.3, -0.25) is 15.0 Å². The molecule has 11 heteroatoms. The van der Waals surface area contributed by atoms with Crippen molar-refractivity contribution in [1.29, 1.82) is 0 Å². The second-order valence-corrected chi connectivity index (χ2v) is 10.1. The van der Waals surface area contributed by atoms with Crippen LogP contribution in [0.1, 0.15) is 29.0 Å². The van der Waals surface area contributed by atoms with E-state index in [-0.39, 0.29) is 18.0 Å². The summed E-state index contributed by atoms with van der Waals surface area (Å²) < 4.78 is 39.4. The Morgan fingerprint density at radius 1 is 1.13 bits per heavy atom. The van der Waals surface area contributed by atoms with Gasteiger partial charge < -0.3 is 5.11 Å². The van der Waals surface area contributed by atoms with Crippen molar-refractivity contribution in [1.82, 2.24) is 9.99 Å². The SMILES string of the molecule is C=CC1=CC[C@H]2C(=O)N(Nc3ncc(C(F)(F)F)cc3Cl)C(=O)[C@@]2(c2ccc(Cl)cc2)[C@H]1c1ccccc1O. The van der Waals surface area contributed by atoms with Gasteiger partial charge in [0, 0.05) is 22.7 Å². The number of rotatable bonds is 5. The van der Waals surface area contributed by atoms with Gasteiger partial charge in [-0.15, -0.1) is 0 Å². The molecule has 6 nitrogen and oxygen atoms in total. The molecule has 39 heavy (non-hydrogen) atoms. The molecular weight excluding hydrogens is 554 g/mol. The molecule has 2 heterocycles. The van der Waals surface area contributed by atoms with E-state index in [1.54, 1.807) is 54.6 Å². The Morgan fingerprint density at radius 3 is 2.44 bits per heavy atom. The number of amides is 2. The molecule has 1 aliphatic heterocycles. The highest BCUT2D eigenvalue weighted by molar-refractivity contribution is 6.33. The van der Waals surface area contributed by atoms with Crippen LogP contribution in [0.4, 0.5) is 19.0 Å². The first-order chi connectivity index (χ1) is 18.5. The van der Waals surface area contributed by atoms with Crippen molar-refractivity contribution in [3.8, 4) is 5.75 Å². The molecule has 0 bridgehead atoms. The van der Waals surface area contributed by atoms with E-state index in [0.717, 1.165) is 5.01 Å². The number of hydrazine groups is 1. The number of benzene rings is 2. The number of nitrogens with one attached hydrogen (secondary N) is 1. The fourth-order valence-corrected chi connectivity index (χ4v) is 5.83. The van der Waals surface area contributed by atoms with Crippen LogP contribution in [0.5, 0.6) is 5.75 Å². The Bertz CT molecular complexity index is 1520. The van der Waals surface area contributed by atoms with Gasteiger partial charge in [-0.1, -0.05) is 72.3 Å². The summed E-state index contributed by atoms with van der Waals surface area (Å²) in [5, 5.41) is 11.6. The monoisotopic (exact) mass is 573 g/mol. The maximum absolute atomic E-state index is 14.5. The number of allylic oxidation sites excluding steroid dienone is 3. The van der Waals surface area contributed by atoms with Crippen LogP contribution >= 0.6 is 23.2 Å². The number of nitrogens with zero attached hydrogens (tertiary/aromatic N) is 2. The number of hydrogen-bond donors (Lipinski definition) is 2. The average Bonchev–Trinajstić information content (AvgIpc) is 3.11. The number of aromatic hydroxyl groups is 1. The largest absolute Gasteiger partial charge is 0.508 e. The molecule has 0 spiro atoms. The Labute approximate surface area is 231 Å². The predicted octanol–water partition coefficient (Wildman–Crippen LogP) is 6.66. The highest BCUT2D eigenvalue weighted by Gasteiger charge is 2.66. The Balaban J connectivity index is 1.69. The fourth-order valence-electron chi connectivity index (χ4n) is 5.49. The maximum atomic E-state index is 14.5. The number of para-hydroxylation sites is 1. The molecule has 1 saturated heterocycles. The van der Waals surface area contributed by atoms with Gasteiger partial charge in [0.15, 0.2) is 5.82 Å². The molecule has 0 saturated carbocycles. The lowest BCUT2D eigenvalue weighted by Gasteiger charge is -2.43. The zero-order chi connectivity index (χ0) is 28.1. The third-order valence-corrected chi connectivity index (χ3v) is 7.73. The van der Waals surface area contributed by atoms with Crippen LogP contribution in [0.25, 0.3) is 0 Å². The molecule has 0 radical (unpaired) electrons. The lowest BCUT2D eigenvalue weighted by Crippen LogP contribution is -2.48. The minimum atomic E-state index is -4.68. The summed E-state index contributed by atoms with van der Waals surface area (Å²) in [6.45, 7) is 3.90. The standard InChI is InChI=1S/C28H20Cl2F3N3O3/c1-2-15-7-12-20-25(38)36(35-24-21(30)13-17(14-34-24)28(31,32)33)26(39)27(20,16-8-10-18(29)11-9-16)23(15)19-5-3-4-6-22(19)37/h2-11,13-14,20,23,37H,1,12H2,(H,34,35)/t20-,23+,27+/m0/s1. The molecule has 2 aromatic carbocycles. The second kappa shape index (κ2) is 9.73. The Morgan fingerprint density at radius 2 is 1.82 bits per heavy atom. The van der Waals surface area contributed by atoms with E-state index >= 15 is 0 Å². The molecule has 1 fully saturated rings. The van der Waals surface area contributed by atoms with Crippen molar-refractivity contribution in [3.63, 3.8) is 0 Å². The first kappa shape index (κ1) is 26.8. The molecule has 2 aliphatic rings. The van der Waals surface area contributed by atoms with E-state index in [1.807, 2.05) is 0 Å². The first-order valence-electron chi connectivity index (χ1n) is 11.7. The van der Waals surface area contributed by atoms with E-state index < -0.39 is 45.8 Å². The smallest absolute Gasteiger partial charge is 0.417 e. The zero-order valence-corrected chi connectivity index (χ0v) is 21.6. The summed E-state index contributed by atoms with van der Waals surface area (Å²) in [7, 11) is 0. The maximum Gasteiger partial charge on any atom is 0.417 e. The number of carbonyl (C=O) groups is 2. The zero-order valence-electron chi connectivity index (χ0n) is 20.0. The van der Waals surface area contributed by atoms with E-state index in [9.17, 15) is 27.9 Å². The summed E-state index contributed by atoms with van der Waals surface area (Å²) in [4.78, 5) is 32.0. The molecular formula is C28H20Cl2F3N3O3. The van der Waals surface area contributed by atoms with Crippen molar-refractivity contribution >= 4 is 40.8 Å². The quantitative estimate of drug-likeness (QED) is 0.333. The molecule has 3 atom stereocenters. The van der Waals surface area contributed by atoms with Gasteiger partial charge in [0.25, 0.3) is 11.8 Å². The number of hydrogen-bond acceptors (Lipinski definition) is 5. The van der Waals surface area contributed by atoms with Crippen LogP contribution in [0.15, 0.2) is 85.1 Å². The van der Waals surface area contributed by atoms with Crippen LogP contribution in [-0.2, 0) is 21.2 Å². The van der Waals surface area contributed by atoms with Gasteiger partial charge in [0.05, 0.1) is 21.9 Å². The van der Waals surface area contributed by atoms with Crippen molar-refractivity contribution in [2.45, 2.75) is 23.9 Å². The number of fused-ring (bicyclic) bond motifs is 1. The molecule has 200 valence electrons. The molecule has 2 amide bonds. The number of phenolic OH excluding ortho intramolecular Hbond substituents is 1. The highest BCUT2D eigenvalue weighted by Crippen LogP contribution is 2.58. The molecule has 1 aromatic heterocycles. The van der Waals surface area contributed by atoms with Gasteiger partial charge in [0.2, 0.25) is 0 Å². The van der Waals surface area contributed by atoms with Gasteiger partial charge in [-0.2, -0.15) is 18.2 Å². The molecule has 1 aliphatic carbocycles. The van der Waals surface area contributed by atoms with Crippen LogP contribution in [0.2, 0.25) is 10.0 Å². The van der Waals surface area contributed by atoms with Gasteiger partial charge in [-0.05, 0) is 41.8 Å². The number of anilines is 1. The number of aromatic nitrogens is 1. The van der Waals surface area contributed by atoms with Crippen LogP contribution in [0.3, 0.4) is 0 Å². The van der Waals surface area contributed by atoms with Gasteiger partial charge in [-0.25, -0.2) is 4.98 Å². The third kappa shape index (κ3) is 4.26. The number of halogens is 5. The molecule has 5 rings (SSSR count). The van der Waals surface area contributed by atoms with E-state index in [2.05, 4.69) is 17.0 Å². The number of pyridine rings is 1. The van der Waals surface area contributed by atoms with Gasteiger partial charge in [0.1, 0.15) is 5.75 Å². The minimum Gasteiger partial charge on any atom is -0.508 e. The van der Waals surface area contributed by atoms with Crippen molar-refractivity contribution in [2.75, 3.05) is 5.43 Å². The molecule has 3 aromatic rings. The number of phenols is 1. The highest BCUT2D eigenvalue weighted by atomic mass is 35.5. The van der Waals surface area contributed by atoms with E-state index in [1.165, 1.54) is 6.07 Å². The number of imide groups is 1.